The molecule has 2 aromatic heterocycles. The van der Waals surface area contributed by atoms with Gasteiger partial charge in [-0.1, -0.05) is 27.2 Å². The first kappa shape index (κ1) is 22.5. The first-order valence-electron chi connectivity index (χ1n) is 10.7. The average Bonchev–Trinajstić information content (AvgIpc) is 3.46. The summed E-state index contributed by atoms with van der Waals surface area (Å²) >= 11 is 3.58. The molecule has 34 heavy (non-hydrogen) atoms. The molecule has 6 nitrogen and oxygen atoms in total. The van der Waals surface area contributed by atoms with Crippen molar-refractivity contribution >= 4 is 21.8 Å². The lowest BCUT2D eigenvalue weighted by molar-refractivity contribution is 0.0616. The van der Waals surface area contributed by atoms with Crippen LogP contribution in [0.4, 0.5) is 8.78 Å². The van der Waals surface area contributed by atoms with E-state index in [-0.39, 0.29) is 29.0 Å². The molecule has 174 valence electrons. The molecule has 9 heteroatoms. The molecule has 0 radical (unpaired) electrons. The molecule has 3 heterocycles. The van der Waals surface area contributed by atoms with Gasteiger partial charge >= 0.3 is 0 Å². The van der Waals surface area contributed by atoms with Gasteiger partial charge in [0, 0.05) is 47.4 Å². The van der Waals surface area contributed by atoms with Crippen LogP contribution in [-0.4, -0.2) is 32.3 Å². The van der Waals surface area contributed by atoms with Crippen LogP contribution in [0.15, 0.2) is 63.9 Å². The first-order valence-corrected chi connectivity index (χ1v) is 11.5. The molecule has 0 aliphatic carbocycles. The van der Waals surface area contributed by atoms with E-state index >= 15 is 0 Å². The molecule has 0 N–H and O–H groups in total. The molecule has 1 aliphatic heterocycles. The van der Waals surface area contributed by atoms with E-state index in [9.17, 15) is 13.6 Å². The summed E-state index contributed by atoms with van der Waals surface area (Å²) in [4.78, 5) is 15.4. The van der Waals surface area contributed by atoms with Crippen LogP contribution < -0.4 is 0 Å². The highest BCUT2D eigenvalue weighted by Crippen LogP contribution is 2.45. The zero-order chi connectivity index (χ0) is 24.2. The number of hydrogen-bond acceptors (Lipinski definition) is 4. The highest BCUT2D eigenvalue weighted by molar-refractivity contribution is 9.10. The number of halogens is 3. The minimum atomic E-state index is -0.787. The Morgan fingerprint density at radius 2 is 2.00 bits per heavy atom. The van der Waals surface area contributed by atoms with Crippen molar-refractivity contribution in [2.24, 2.45) is 7.05 Å². The third-order valence-corrected chi connectivity index (χ3v) is 7.04. The number of rotatable bonds is 3. The van der Waals surface area contributed by atoms with Crippen LogP contribution in [0.2, 0.25) is 0 Å². The zero-order valence-electron chi connectivity index (χ0n) is 18.7. The van der Waals surface area contributed by atoms with E-state index in [0.717, 1.165) is 33.3 Å². The lowest BCUT2D eigenvalue weighted by Crippen LogP contribution is -2.49. The van der Waals surface area contributed by atoms with Crippen molar-refractivity contribution in [3.05, 3.63) is 93.3 Å². The van der Waals surface area contributed by atoms with Gasteiger partial charge in [0.15, 0.2) is 11.5 Å². The Morgan fingerprint density at radius 1 is 1.21 bits per heavy atom. The topological polar surface area (TPSA) is 64.2 Å². The van der Waals surface area contributed by atoms with Crippen LogP contribution in [0.25, 0.3) is 11.3 Å². The van der Waals surface area contributed by atoms with E-state index in [1.165, 1.54) is 12.1 Å². The number of hydrogen-bond donors (Lipinski definition) is 0. The van der Waals surface area contributed by atoms with Gasteiger partial charge in [-0.15, -0.1) is 0 Å². The molecule has 0 bridgehead atoms. The van der Waals surface area contributed by atoms with E-state index in [1.807, 2.05) is 38.5 Å². The number of amides is 1. The second kappa shape index (κ2) is 8.16. The molecule has 1 amide bonds. The molecule has 2 aromatic carbocycles. The van der Waals surface area contributed by atoms with Crippen molar-refractivity contribution in [1.82, 2.24) is 19.8 Å². The minimum Gasteiger partial charge on any atom is -0.355 e. The highest BCUT2D eigenvalue weighted by atomic mass is 79.9. The van der Waals surface area contributed by atoms with Gasteiger partial charge in [-0.3, -0.25) is 9.48 Å². The summed E-state index contributed by atoms with van der Waals surface area (Å²) in [6.45, 7) is 4.44. The highest BCUT2D eigenvalue weighted by Gasteiger charge is 2.43. The Kier molecular flexibility index (Phi) is 5.39. The van der Waals surface area contributed by atoms with Crippen molar-refractivity contribution in [3.8, 4) is 11.3 Å². The molecule has 2 unspecified atom stereocenters. The van der Waals surface area contributed by atoms with Crippen LogP contribution in [0, 0.1) is 11.6 Å². The summed E-state index contributed by atoms with van der Waals surface area (Å²) in [5.41, 5.74) is 2.68. The first-order chi connectivity index (χ1) is 16.2. The van der Waals surface area contributed by atoms with E-state index in [0.29, 0.717) is 6.54 Å². The minimum absolute atomic E-state index is 0.0371. The average molecular weight is 527 g/mol. The van der Waals surface area contributed by atoms with Gasteiger partial charge < -0.3 is 9.42 Å². The van der Waals surface area contributed by atoms with E-state index in [2.05, 4.69) is 39.2 Å². The SMILES string of the molecule is CC1c2ccc(Br)cc2C(C)(c2cnn(C)c2)CN1C(=O)c1cc(-c2ccc(F)cc2F)on1. The quantitative estimate of drug-likeness (QED) is 0.346. The van der Waals surface area contributed by atoms with Gasteiger partial charge in [0.25, 0.3) is 5.91 Å². The maximum absolute atomic E-state index is 14.2. The molecule has 1 aliphatic rings. The van der Waals surface area contributed by atoms with Gasteiger partial charge in [0.05, 0.1) is 17.8 Å². The molecule has 0 saturated heterocycles. The third kappa shape index (κ3) is 3.64. The number of carbonyl (C=O) groups is 1. The predicted octanol–water partition coefficient (Wildman–Crippen LogP) is 5.64. The largest absolute Gasteiger partial charge is 0.355 e. The Balaban J connectivity index is 1.55. The van der Waals surface area contributed by atoms with Crippen LogP contribution in [0.1, 0.15) is 47.1 Å². The van der Waals surface area contributed by atoms with Crippen molar-refractivity contribution in [2.45, 2.75) is 25.3 Å². The molecular formula is C25H21BrF2N4O2. The maximum Gasteiger partial charge on any atom is 0.276 e. The van der Waals surface area contributed by atoms with Crippen LogP contribution in [-0.2, 0) is 12.5 Å². The van der Waals surface area contributed by atoms with Gasteiger partial charge in [0.2, 0.25) is 0 Å². The van der Waals surface area contributed by atoms with Gasteiger partial charge in [0.1, 0.15) is 11.6 Å². The Morgan fingerprint density at radius 3 is 2.71 bits per heavy atom. The molecule has 0 fully saturated rings. The Hall–Kier alpha value is -3.33. The lowest BCUT2D eigenvalue weighted by atomic mass is 9.71. The Labute approximate surface area is 203 Å². The molecule has 2 atom stereocenters. The van der Waals surface area contributed by atoms with Crippen LogP contribution >= 0.6 is 15.9 Å². The van der Waals surface area contributed by atoms with E-state index in [1.54, 1.807) is 9.58 Å². The van der Waals surface area contributed by atoms with Crippen molar-refractivity contribution < 1.29 is 18.1 Å². The number of aromatic nitrogens is 3. The fourth-order valence-corrected chi connectivity index (χ4v) is 5.00. The molecule has 5 rings (SSSR count). The number of fused-ring (bicyclic) bond motifs is 1. The monoisotopic (exact) mass is 526 g/mol. The van der Waals surface area contributed by atoms with Gasteiger partial charge in [-0.05, 0) is 49.2 Å². The number of benzene rings is 2. The van der Waals surface area contributed by atoms with Crippen LogP contribution in [0.3, 0.4) is 0 Å². The predicted molar refractivity (Wildman–Crippen MR) is 125 cm³/mol. The summed E-state index contributed by atoms with van der Waals surface area (Å²) in [6.07, 6.45) is 3.77. The molecule has 4 aromatic rings. The summed E-state index contributed by atoms with van der Waals surface area (Å²) in [5.74, 6) is -1.76. The van der Waals surface area contributed by atoms with Crippen molar-refractivity contribution in [2.75, 3.05) is 6.54 Å². The number of nitrogens with zero attached hydrogens (tertiary/aromatic N) is 4. The molecular weight excluding hydrogens is 506 g/mol. The fraction of sp³-hybridized carbons (Fsp3) is 0.240. The lowest BCUT2D eigenvalue weighted by Gasteiger charge is -2.45. The van der Waals surface area contributed by atoms with Crippen LogP contribution in [0.5, 0.6) is 0 Å². The normalized spacial score (nSPS) is 19.8. The van der Waals surface area contributed by atoms with E-state index in [4.69, 9.17) is 4.52 Å². The summed E-state index contributed by atoms with van der Waals surface area (Å²) < 4.78 is 35.5. The summed E-state index contributed by atoms with van der Waals surface area (Å²) in [7, 11) is 1.86. The van der Waals surface area contributed by atoms with Gasteiger partial charge in [-0.2, -0.15) is 5.10 Å². The Bertz CT molecular complexity index is 1420. The number of aryl methyl sites for hydroxylation is 1. The maximum atomic E-state index is 14.2. The van der Waals surface area contributed by atoms with E-state index < -0.39 is 17.0 Å². The van der Waals surface area contributed by atoms with Crippen molar-refractivity contribution in [1.29, 1.82) is 0 Å². The summed E-state index contributed by atoms with van der Waals surface area (Å²) in [6, 6.07) is 10.4. The second-order valence-corrected chi connectivity index (χ2v) is 9.69. The third-order valence-electron chi connectivity index (χ3n) is 6.54. The van der Waals surface area contributed by atoms with Crippen molar-refractivity contribution in [3.63, 3.8) is 0 Å². The number of carbonyl (C=O) groups excluding carboxylic acids is 1. The van der Waals surface area contributed by atoms with Gasteiger partial charge in [-0.25, -0.2) is 8.78 Å². The summed E-state index contributed by atoms with van der Waals surface area (Å²) in [5, 5.41) is 8.25. The zero-order valence-corrected chi connectivity index (χ0v) is 20.3. The fourth-order valence-electron chi connectivity index (χ4n) is 4.64. The second-order valence-electron chi connectivity index (χ2n) is 8.78. The molecule has 0 spiro atoms. The smallest absolute Gasteiger partial charge is 0.276 e. The standard InChI is InChI=1S/C25H21BrF2N4O2/c1-14-18-6-4-16(26)8-20(18)25(2,15-11-29-31(3)12-15)13-32(14)24(33)22-10-23(34-30-22)19-7-5-17(27)9-21(19)28/h4-12,14H,13H2,1-3H3. The molecule has 0 saturated carbocycles.